The molecule has 0 aromatic heterocycles. The number of carbonyl (C=O) groups excluding carboxylic acids is 1. The number of alkyl halides is 3. The summed E-state index contributed by atoms with van der Waals surface area (Å²) in [5.41, 5.74) is 2.64. The van der Waals surface area contributed by atoms with Crippen LogP contribution < -0.4 is 4.90 Å². The molecular formula is C25H28ClF3N2O2. The molecule has 0 bridgehead atoms. The van der Waals surface area contributed by atoms with Crippen LogP contribution in [0.2, 0.25) is 5.02 Å². The molecule has 0 N–H and O–H groups in total. The van der Waals surface area contributed by atoms with E-state index in [1.807, 2.05) is 30.9 Å². The molecule has 1 atom stereocenters. The molecular weight excluding hydrogens is 453 g/mol. The van der Waals surface area contributed by atoms with E-state index in [1.54, 1.807) is 12.1 Å². The van der Waals surface area contributed by atoms with Gasteiger partial charge in [-0.1, -0.05) is 42.5 Å². The molecule has 4 nitrogen and oxygen atoms in total. The third-order valence-electron chi connectivity index (χ3n) is 6.15. The van der Waals surface area contributed by atoms with E-state index in [2.05, 4.69) is 17.5 Å². The van der Waals surface area contributed by atoms with Gasteiger partial charge >= 0.3 is 12.1 Å². The molecule has 0 radical (unpaired) electrons. The number of likely N-dealkylation sites (tertiary alicyclic amines) is 1. The van der Waals surface area contributed by atoms with Crippen LogP contribution in [0.1, 0.15) is 42.1 Å². The summed E-state index contributed by atoms with van der Waals surface area (Å²) in [6.45, 7) is 10.2. The minimum Gasteiger partial charge on any atom is -0.469 e. The van der Waals surface area contributed by atoms with E-state index >= 15 is 0 Å². The number of halogens is 4. The fourth-order valence-electron chi connectivity index (χ4n) is 4.25. The minimum atomic E-state index is -4.52. The first-order valence-corrected chi connectivity index (χ1v) is 11.2. The van der Waals surface area contributed by atoms with E-state index in [9.17, 15) is 18.0 Å². The van der Waals surface area contributed by atoms with Crippen molar-refractivity contribution < 1.29 is 22.7 Å². The van der Waals surface area contributed by atoms with Gasteiger partial charge in [0.1, 0.15) is 0 Å². The summed E-state index contributed by atoms with van der Waals surface area (Å²) in [5, 5.41) is -0.313. The molecule has 1 heterocycles. The first-order valence-electron chi connectivity index (χ1n) is 10.8. The normalized spacial score (nSPS) is 15.6. The second kappa shape index (κ2) is 10.2. The Morgan fingerprint density at radius 1 is 1.30 bits per heavy atom. The topological polar surface area (TPSA) is 32.8 Å². The molecule has 8 heteroatoms. The lowest BCUT2D eigenvalue weighted by Crippen LogP contribution is -2.50. The summed E-state index contributed by atoms with van der Waals surface area (Å²) < 4.78 is 44.9. The quantitative estimate of drug-likeness (QED) is 0.421. The number of hydrogen-bond donors (Lipinski definition) is 0. The van der Waals surface area contributed by atoms with E-state index in [0.717, 1.165) is 22.8 Å². The van der Waals surface area contributed by atoms with Gasteiger partial charge in [0, 0.05) is 31.9 Å². The van der Waals surface area contributed by atoms with Gasteiger partial charge in [0.15, 0.2) is 0 Å². The fraction of sp³-hybridized carbons (Fsp3) is 0.400. The van der Waals surface area contributed by atoms with Crippen molar-refractivity contribution in [2.24, 2.45) is 5.92 Å². The largest absolute Gasteiger partial charge is 0.469 e. The smallest absolute Gasteiger partial charge is 0.417 e. The molecule has 2 aromatic carbocycles. The van der Waals surface area contributed by atoms with Crippen molar-refractivity contribution in [1.29, 1.82) is 0 Å². The lowest BCUT2D eigenvalue weighted by molar-refractivity contribution is -0.151. The highest BCUT2D eigenvalue weighted by molar-refractivity contribution is 6.31. The summed E-state index contributed by atoms with van der Waals surface area (Å²) in [6.07, 6.45) is -2.73. The first kappa shape index (κ1) is 25.1. The first-order chi connectivity index (χ1) is 15.6. The number of nitrogens with zero attached hydrogens (tertiary/aromatic N) is 2. The number of rotatable bonds is 8. The van der Waals surface area contributed by atoms with Crippen molar-refractivity contribution in [1.82, 2.24) is 4.90 Å². The zero-order valence-electron chi connectivity index (χ0n) is 19.0. The maximum atomic E-state index is 13.4. The molecule has 0 aliphatic carbocycles. The zero-order chi connectivity index (χ0) is 24.3. The van der Waals surface area contributed by atoms with Crippen LogP contribution in [-0.4, -0.2) is 37.6 Å². The van der Waals surface area contributed by atoms with E-state index in [0.29, 0.717) is 31.9 Å². The summed E-state index contributed by atoms with van der Waals surface area (Å²) in [5.74, 6) is -0.301. The van der Waals surface area contributed by atoms with Crippen LogP contribution in [0.3, 0.4) is 0 Å². The summed E-state index contributed by atoms with van der Waals surface area (Å²) >= 11 is 5.80. The van der Waals surface area contributed by atoms with Gasteiger partial charge in [-0.05, 0) is 48.7 Å². The van der Waals surface area contributed by atoms with Gasteiger partial charge in [-0.15, -0.1) is 0 Å². The molecule has 2 aromatic rings. The SMILES string of the molecule is C=Cc1ccc(C(C)N(CC)c2ccc(Cl)c(C(F)(F)F)c2)cc1CN1CC(C(=O)OC)C1. The van der Waals surface area contributed by atoms with Crippen molar-refractivity contribution in [3.63, 3.8) is 0 Å². The summed E-state index contributed by atoms with van der Waals surface area (Å²) in [6, 6.07) is 9.86. The predicted octanol–water partition coefficient (Wildman–Crippen LogP) is 6.19. The van der Waals surface area contributed by atoms with Crippen LogP contribution in [0.25, 0.3) is 6.08 Å². The van der Waals surface area contributed by atoms with Gasteiger partial charge in [0.05, 0.1) is 29.7 Å². The van der Waals surface area contributed by atoms with Gasteiger partial charge in [0.25, 0.3) is 0 Å². The molecule has 1 aliphatic heterocycles. The Labute approximate surface area is 197 Å². The van der Waals surface area contributed by atoms with Crippen LogP contribution in [-0.2, 0) is 22.3 Å². The van der Waals surface area contributed by atoms with E-state index < -0.39 is 11.7 Å². The van der Waals surface area contributed by atoms with Gasteiger partial charge in [-0.25, -0.2) is 0 Å². The number of ether oxygens (including phenoxy) is 1. The molecule has 1 fully saturated rings. The van der Waals surface area contributed by atoms with Crippen molar-refractivity contribution >= 4 is 29.3 Å². The molecule has 1 unspecified atom stereocenters. The highest BCUT2D eigenvalue weighted by Gasteiger charge is 2.35. The van der Waals surface area contributed by atoms with Gasteiger partial charge in [0.2, 0.25) is 0 Å². The van der Waals surface area contributed by atoms with Crippen molar-refractivity contribution in [3.8, 4) is 0 Å². The van der Waals surface area contributed by atoms with Gasteiger partial charge < -0.3 is 9.64 Å². The Kier molecular flexibility index (Phi) is 7.75. The highest BCUT2D eigenvalue weighted by Crippen LogP contribution is 2.38. The fourth-order valence-corrected chi connectivity index (χ4v) is 4.47. The molecule has 0 spiro atoms. The molecule has 1 saturated heterocycles. The Bertz CT molecular complexity index is 1020. The van der Waals surface area contributed by atoms with Crippen molar-refractivity contribution in [3.05, 3.63) is 70.3 Å². The number of carbonyl (C=O) groups is 1. The second-order valence-electron chi connectivity index (χ2n) is 8.20. The van der Waals surface area contributed by atoms with Gasteiger partial charge in [-0.2, -0.15) is 13.2 Å². The molecule has 0 amide bonds. The third kappa shape index (κ3) is 5.53. The summed E-state index contributed by atoms with van der Waals surface area (Å²) in [7, 11) is 1.39. The Morgan fingerprint density at radius 2 is 2.00 bits per heavy atom. The number of esters is 1. The number of anilines is 1. The van der Waals surface area contributed by atoms with E-state index in [4.69, 9.17) is 16.3 Å². The Hall–Kier alpha value is -2.51. The second-order valence-corrected chi connectivity index (χ2v) is 8.61. The van der Waals surface area contributed by atoms with E-state index in [-0.39, 0.29) is 23.0 Å². The Morgan fingerprint density at radius 3 is 2.58 bits per heavy atom. The van der Waals surface area contributed by atoms with Crippen LogP contribution in [0, 0.1) is 5.92 Å². The average molecular weight is 481 g/mol. The maximum Gasteiger partial charge on any atom is 0.417 e. The lowest BCUT2D eigenvalue weighted by Gasteiger charge is -2.38. The van der Waals surface area contributed by atoms with Crippen molar-refractivity contribution in [2.75, 3.05) is 31.6 Å². The predicted molar refractivity (Wildman–Crippen MR) is 125 cm³/mol. The molecule has 1 aliphatic rings. The summed E-state index contributed by atoms with van der Waals surface area (Å²) in [4.78, 5) is 15.7. The number of benzene rings is 2. The number of methoxy groups -OCH3 is 1. The van der Waals surface area contributed by atoms with Crippen LogP contribution in [0.15, 0.2) is 43.0 Å². The van der Waals surface area contributed by atoms with Gasteiger partial charge in [-0.3, -0.25) is 9.69 Å². The average Bonchev–Trinajstić information content (AvgIpc) is 2.75. The molecule has 0 saturated carbocycles. The van der Waals surface area contributed by atoms with Crippen molar-refractivity contribution in [2.45, 2.75) is 32.6 Å². The Balaban J connectivity index is 1.84. The highest BCUT2D eigenvalue weighted by atomic mass is 35.5. The lowest BCUT2D eigenvalue weighted by atomic mass is 9.95. The molecule has 33 heavy (non-hydrogen) atoms. The third-order valence-corrected chi connectivity index (χ3v) is 6.48. The molecule has 178 valence electrons. The monoisotopic (exact) mass is 480 g/mol. The van der Waals surface area contributed by atoms with Crippen LogP contribution in [0.4, 0.5) is 18.9 Å². The number of hydrogen-bond acceptors (Lipinski definition) is 4. The zero-order valence-corrected chi connectivity index (χ0v) is 19.7. The standard InChI is InChI=1S/C25H28ClF3N2O2/c1-5-17-7-8-18(11-19(17)13-30-14-20(15-30)24(32)33-4)16(3)31(6-2)21-9-10-23(26)22(12-21)25(27,28)29/h5,7-12,16,20H,1,6,13-15H2,2-4H3. The van der Waals surface area contributed by atoms with E-state index in [1.165, 1.54) is 13.2 Å². The van der Waals surface area contributed by atoms with Crippen LogP contribution in [0.5, 0.6) is 0 Å². The minimum absolute atomic E-state index is 0.104. The molecule has 3 rings (SSSR count). The van der Waals surface area contributed by atoms with Crippen LogP contribution >= 0.6 is 11.6 Å². The maximum absolute atomic E-state index is 13.4.